The number of nitrogens with zero attached hydrogens (tertiary/aromatic N) is 1. The summed E-state index contributed by atoms with van der Waals surface area (Å²) in [6.45, 7) is 5.47. The van der Waals surface area contributed by atoms with E-state index < -0.39 is 0 Å². The molecule has 15 heavy (non-hydrogen) atoms. The van der Waals surface area contributed by atoms with Crippen molar-refractivity contribution >= 4 is 18.3 Å². The first-order chi connectivity index (χ1) is 6.50. The normalized spacial score (nSPS) is 25.1. The Balaban J connectivity index is 0.00000196. The molecule has 1 fully saturated rings. The molecule has 90 valence electrons. The van der Waals surface area contributed by atoms with Crippen LogP contribution in [0.1, 0.15) is 20.3 Å². The van der Waals surface area contributed by atoms with Crippen LogP contribution in [-0.4, -0.2) is 48.2 Å². The first-order valence-electron chi connectivity index (χ1n) is 5.17. The monoisotopic (exact) mass is 236 g/mol. The van der Waals surface area contributed by atoms with Crippen molar-refractivity contribution in [3.8, 4) is 0 Å². The second kappa shape index (κ2) is 6.30. The van der Waals surface area contributed by atoms with Gasteiger partial charge in [0.25, 0.3) is 0 Å². The van der Waals surface area contributed by atoms with Gasteiger partial charge in [-0.05, 0) is 12.3 Å². The molecule has 0 bridgehead atoms. The van der Waals surface area contributed by atoms with Crippen LogP contribution < -0.4 is 5.32 Å². The number of hydrogen-bond donors (Lipinski definition) is 2. The molecule has 1 heterocycles. The topological polar surface area (TPSA) is 52.6 Å². The lowest BCUT2D eigenvalue weighted by Crippen LogP contribution is -2.42. The third-order valence-electron chi connectivity index (χ3n) is 2.42. The number of carbonyl (C=O) groups excluding carboxylic acids is 1. The van der Waals surface area contributed by atoms with Crippen LogP contribution in [0.15, 0.2) is 0 Å². The fourth-order valence-electron chi connectivity index (χ4n) is 1.81. The molecule has 0 saturated carbocycles. The minimum absolute atomic E-state index is 0. The molecule has 2 N–H and O–H groups in total. The highest BCUT2D eigenvalue weighted by molar-refractivity contribution is 5.85. The summed E-state index contributed by atoms with van der Waals surface area (Å²) in [5.41, 5.74) is 0. The molecule has 0 aromatic heterocycles. The molecule has 1 rings (SSSR count). The Bertz CT molecular complexity index is 212. The number of rotatable bonds is 3. The van der Waals surface area contributed by atoms with Crippen molar-refractivity contribution in [2.45, 2.75) is 32.4 Å². The molecule has 0 aromatic carbocycles. The summed E-state index contributed by atoms with van der Waals surface area (Å²) in [5.74, 6) is 0.575. The molecule has 5 heteroatoms. The van der Waals surface area contributed by atoms with Crippen LogP contribution in [-0.2, 0) is 4.79 Å². The molecule has 1 amide bonds. The standard InChI is InChI=1S/C10H20N2O2.ClH/c1-7(2)6-12(3)10(14)9-4-8(13)5-11-9;/h7-9,11,13H,4-6H2,1-3H3;1H. The number of aliphatic hydroxyl groups is 1. The van der Waals surface area contributed by atoms with Gasteiger partial charge in [0.2, 0.25) is 5.91 Å². The Morgan fingerprint density at radius 1 is 1.60 bits per heavy atom. The summed E-state index contributed by atoms with van der Waals surface area (Å²) in [6.07, 6.45) is 0.178. The van der Waals surface area contributed by atoms with Crippen LogP contribution in [0.25, 0.3) is 0 Å². The second-order valence-corrected chi connectivity index (χ2v) is 4.46. The van der Waals surface area contributed by atoms with Gasteiger partial charge in [-0.25, -0.2) is 0 Å². The van der Waals surface area contributed by atoms with Gasteiger partial charge in [0.15, 0.2) is 0 Å². The maximum Gasteiger partial charge on any atom is 0.239 e. The van der Waals surface area contributed by atoms with Crippen molar-refractivity contribution in [3.63, 3.8) is 0 Å². The van der Waals surface area contributed by atoms with E-state index in [4.69, 9.17) is 0 Å². The van der Waals surface area contributed by atoms with Gasteiger partial charge in [-0.2, -0.15) is 0 Å². The molecular weight excluding hydrogens is 216 g/mol. The van der Waals surface area contributed by atoms with Gasteiger partial charge in [0, 0.05) is 20.1 Å². The lowest BCUT2D eigenvalue weighted by atomic mass is 10.1. The molecule has 2 unspecified atom stereocenters. The largest absolute Gasteiger partial charge is 0.392 e. The fraction of sp³-hybridized carbons (Fsp3) is 0.900. The average Bonchev–Trinajstić information content (AvgIpc) is 2.49. The average molecular weight is 237 g/mol. The maximum atomic E-state index is 11.8. The molecule has 1 saturated heterocycles. The Morgan fingerprint density at radius 3 is 2.60 bits per heavy atom. The zero-order chi connectivity index (χ0) is 10.7. The summed E-state index contributed by atoms with van der Waals surface area (Å²) >= 11 is 0. The summed E-state index contributed by atoms with van der Waals surface area (Å²) < 4.78 is 0. The van der Waals surface area contributed by atoms with Gasteiger partial charge in [-0.15, -0.1) is 12.4 Å². The second-order valence-electron chi connectivity index (χ2n) is 4.46. The van der Waals surface area contributed by atoms with E-state index in [1.54, 1.807) is 4.90 Å². The number of β-amino-alcohol motifs (C(OH)–C–C–N with tert-alkyl or cyclic N) is 1. The van der Waals surface area contributed by atoms with E-state index in [-0.39, 0.29) is 30.5 Å². The maximum absolute atomic E-state index is 11.8. The van der Waals surface area contributed by atoms with Crippen molar-refractivity contribution < 1.29 is 9.90 Å². The van der Waals surface area contributed by atoms with Crippen molar-refractivity contribution in [3.05, 3.63) is 0 Å². The minimum atomic E-state index is -0.364. The van der Waals surface area contributed by atoms with Gasteiger partial charge in [0.1, 0.15) is 0 Å². The molecule has 0 spiro atoms. The van der Waals surface area contributed by atoms with Gasteiger partial charge < -0.3 is 15.3 Å². The summed E-state index contributed by atoms with van der Waals surface area (Å²) in [7, 11) is 1.81. The summed E-state index contributed by atoms with van der Waals surface area (Å²) in [4.78, 5) is 13.5. The van der Waals surface area contributed by atoms with E-state index in [0.29, 0.717) is 18.9 Å². The Morgan fingerprint density at radius 2 is 2.20 bits per heavy atom. The highest BCUT2D eigenvalue weighted by Gasteiger charge is 2.29. The molecule has 0 aromatic rings. The fourth-order valence-corrected chi connectivity index (χ4v) is 1.81. The van der Waals surface area contributed by atoms with Crippen LogP contribution in [0.5, 0.6) is 0 Å². The summed E-state index contributed by atoms with van der Waals surface area (Å²) in [5, 5.41) is 12.3. The van der Waals surface area contributed by atoms with Crippen molar-refractivity contribution in [2.24, 2.45) is 5.92 Å². The van der Waals surface area contributed by atoms with E-state index in [0.717, 1.165) is 6.54 Å². The Hall–Kier alpha value is -0.320. The van der Waals surface area contributed by atoms with Crippen LogP contribution in [0.2, 0.25) is 0 Å². The lowest BCUT2D eigenvalue weighted by molar-refractivity contribution is -0.132. The zero-order valence-electron chi connectivity index (χ0n) is 9.56. The van der Waals surface area contributed by atoms with Crippen molar-refractivity contribution in [2.75, 3.05) is 20.1 Å². The van der Waals surface area contributed by atoms with E-state index in [1.807, 2.05) is 7.05 Å². The number of aliphatic hydroxyl groups excluding tert-OH is 1. The molecule has 0 radical (unpaired) electrons. The van der Waals surface area contributed by atoms with E-state index >= 15 is 0 Å². The number of halogens is 1. The number of amides is 1. The Labute approximate surface area is 97.4 Å². The molecule has 1 aliphatic heterocycles. The molecule has 1 aliphatic rings. The molecule has 2 atom stereocenters. The first kappa shape index (κ1) is 14.7. The summed E-state index contributed by atoms with van der Waals surface area (Å²) in [6, 6.07) is -0.186. The minimum Gasteiger partial charge on any atom is -0.392 e. The SMILES string of the molecule is CC(C)CN(C)C(=O)C1CC(O)CN1.Cl. The predicted octanol–water partition coefficient (Wildman–Crippen LogP) is 0.245. The number of carbonyl (C=O) groups is 1. The third-order valence-corrected chi connectivity index (χ3v) is 2.42. The van der Waals surface area contributed by atoms with Crippen LogP contribution in [0.3, 0.4) is 0 Å². The number of hydrogen-bond acceptors (Lipinski definition) is 3. The predicted molar refractivity (Wildman–Crippen MR) is 62.1 cm³/mol. The van der Waals surface area contributed by atoms with Crippen molar-refractivity contribution in [1.29, 1.82) is 0 Å². The Kier molecular flexibility index (Phi) is 6.17. The zero-order valence-corrected chi connectivity index (χ0v) is 10.4. The van der Waals surface area contributed by atoms with Gasteiger partial charge in [-0.1, -0.05) is 13.8 Å². The number of likely N-dealkylation sites (N-methyl/N-ethyl adjacent to an activating group) is 1. The van der Waals surface area contributed by atoms with Gasteiger partial charge >= 0.3 is 0 Å². The molecular formula is C10H21ClN2O2. The van der Waals surface area contributed by atoms with E-state index in [1.165, 1.54) is 0 Å². The first-order valence-corrected chi connectivity index (χ1v) is 5.17. The van der Waals surface area contributed by atoms with Crippen LogP contribution >= 0.6 is 12.4 Å². The number of nitrogens with one attached hydrogen (secondary N) is 1. The lowest BCUT2D eigenvalue weighted by Gasteiger charge is -2.22. The smallest absolute Gasteiger partial charge is 0.239 e. The molecule has 4 nitrogen and oxygen atoms in total. The van der Waals surface area contributed by atoms with Crippen LogP contribution in [0.4, 0.5) is 0 Å². The molecule has 0 aliphatic carbocycles. The van der Waals surface area contributed by atoms with Crippen LogP contribution in [0, 0.1) is 5.92 Å². The van der Waals surface area contributed by atoms with E-state index in [9.17, 15) is 9.90 Å². The quantitative estimate of drug-likeness (QED) is 0.739. The van der Waals surface area contributed by atoms with Crippen molar-refractivity contribution in [1.82, 2.24) is 10.2 Å². The van der Waals surface area contributed by atoms with Gasteiger partial charge in [-0.3, -0.25) is 4.79 Å². The highest BCUT2D eigenvalue weighted by Crippen LogP contribution is 2.09. The van der Waals surface area contributed by atoms with Gasteiger partial charge in [0.05, 0.1) is 12.1 Å². The highest BCUT2D eigenvalue weighted by atomic mass is 35.5. The third kappa shape index (κ3) is 4.36. The van der Waals surface area contributed by atoms with E-state index in [2.05, 4.69) is 19.2 Å².